The van der Waals surface area contributed by atoms with Gasteiger partial charge in [-0.15, -0.1) is 0 Å². The van der Waals surface area contributed by atoms with E-state index < -0.39 is 0 Å². The highest BCUT2D eigenvalue weighted by Gasteiger charge is 2.29. The van der Waals surface area contributed by atoms with Gasteiger partial charge in [-0.05, 0) is 112 Å². The second-order valence-electron chi connectivity index (χ2n) is 12.1. The van der Waals surface area contributed by atoms with E-state index in [0.717, 1.165) is 67.9 Å². The van der Waals surface area contributed by atoms with Gasteiger partial charge in [-0.25, -0.2) is 9.98 Å². The fraction of sp³-hybridized carbons (Fsp3) is 0.378. The third-order valence-corrected chi connectivity index (χ3v) is 9.48. The summed E-state index contributed by atoms with van der Waals surface area (Å²) in [7, 11) is 1.39. The molecule has 244 valence electrons. The molecule has 2 aliphatic rings. The van der Waals surface area contributed by atoms with Gasteiger partial charge in [0.2, 0.25) is 0 Å². The van der Waals surface area contributed by atoms with E-state index in [2.05, 4.69) is 71.8 Å². The number of allylic oxidation sites excluding steroid dienone is 2. The van der Waals surface area contributed by atoms with E-state index in [-0.39, 0.29) is 24.2 Å². The smallest absolute Gasteiger partial charge is 0.305 e. The van der Waals surface area contributed by atoms with Crippen molar-refractivity contribution in [2.45, 2.75) is 72.6 Å². The zero-order valence-electron chi connectivity index (χ0n) is 28.0. The van der Waals surface area contributed by atoms with Crippen LogP contribution >= 0.6 is 12.2 Å². The molecule has 1 atom stereocenters. The molecule has 0 aromatic carbocycles. The number of thiocarbonyl (C=S) groups is 1. The number of aryl methyl sites for hydroxylation is 3. The molecule has 9 nitrogen and oxygen atoms in total. The molecule has 5 heterocycles. The number of methoxy groups -OCH3 is 1. The summed E-state index contributed by atoms with van der Waals surface area (Å²) in [4.78, 5) is 47.9. The van der Waals surface area contributed by atoms with Gasteiger partial charge in [-0.3, -0.25) is 14.6 Å². The number of H-pyrrole nitrogens is 2. The molecule has 0 aliphatic carbocycles. The molecule has 3 aromatic rings. The van der Waals surface area contributed by atoms with Crippen LogP contribution in [0.4, 0.5) is 0 Å². The molecule has 0 spiro atoms. The molecule has 3 N–H and O–H groups in total. The minimum atomic E-state index is -0.298. The summed E-state index contributed by atoms with van der Waals surface area (Å²) in [5.74, 6) is -0.717. The van der Waals surface area contributed by atoms with Crippen molar-refractivity contribution in [1.82, 2.24) is 25.3 Å². The summed E-state index contributed by atoms with van der Waals surface area (Å²) < 4.78 is 4.98. The van der Waals surface area contributed by atoms with Crippen LogP contribution in [0, 0.1) is 20.8 Å². The maximum absolute atomic E-state index is 14.2. The van der Waals surface area contributed by atoms with Crippen LogP contribution in [0.2, 0.25) is 0 Å². The molecule has 5 rings (SSSR count). The largest absolute Gasteiger partial charge is 0.469 e. The molecular weight excluding hydrogens is 609 g/mol. The monoisotopic (exact) mass is 650 g/mol. The van der Waals surface area contributed by atoms with Crippen LogP contribution in [0.3, 0.4) is 0 Å². The second kappa shape index (κ2) is 14.4. The number of aromatic amines is 2. The number of hydrogen-bond donors (Lipinski definition) is 3. The number of nitrogens with zero attached hydrogens (tertiary/aromatic N) is 3. The Morgan fingerprint density at radius 1 is 1.09 bits per heavy atom. The fourth-order valence-corrected chi connectivity index (χ4v) is 6.62. The van der Waals surface area contributed by atoms with Crippen LogP contribution in [0.1, 0.15) is 101 Å². The third-order valence-electron chi connectivity index (χ3n) is 9.35. The summed E-state index contributed by atoms with van der Waals surface area (Å²) in [6, 6.07) is 6.22. The SMILES string of the molecule is C=Cc1c(C)c2cc3nc(c(C(=O)NCCCN=C=S)c4[nH]c(cc5nc(cc1[nH]2)C(C)=C5CC)c(C)c4C)C(CCC(=O)OC)C3. The minimum absolute atomic E-state index is 0.181. The number of ether oxygens (including phenoxy) is 1. The van der Waals surface area contributed by atoms with Crippen molar-refractivity contribution in [2.75, 3.05) is 20.2 Å². The molecule has 1 amide bonds. The number of hydrogen-bond acceptors (Lipinski definition) is 7. The lowest BCUT2D eigenvalue weighted by Gasteiger charge is -2.13. The zero-order valence-corrected chi connectivity index (χ0v) is 28.8. The van der Waals surface area contributed by atoms with Gasteiger partial charge in [-0.1, -0.05) is 19.6 Å². The highest BCUT2D eigenvalue weighted by Crippen LogP contribution is 2.37. The van der Waals surface area contributed by atoms with Crippen LogP contribution in [0.25, 0.3) is 39.3 Å². The molecule has 10 heteroatoms. The van der Waals surface area contributed by atoms with Crippen LogP contribution in [-0.2, 0) is 16.0 Å². The average molecular weight is 651 g/mol. The predicted octanol–water partition coefficient (Wildman–Crippen LogP) is 7.73. The van der Waals surface area contributed by atoms with Crippen LogP contribution in [0.5, 0.6) is 0 Å². The standard InChI is InChI=1S/C37H42N6O3S/c1-8-26-22(5)28-16-25-15-24(11-12-33(44)46-7)36(40-25)34(37(45)39-14-10-13-38-19-47)35-21(4)20(3)29(43-35)17-31-27(9-2)23(6)30(42-31)18-32(26)41-28/h8,16-18,24,41,43H,1,9-15H2,2-7H3,(H,39,45). The van der Waals surface area contributed by atoms with Crippen LogP contribution in [0.15, 0.2) is 29.8 Å². The molecular formula is C37H42N6O3S. The lowest BCUT2D eigenvalue weighted by molar-refractivity contribution is -0.140. The van der Waals surface area contributed by atoms with Crippen LogP contribution in [-0.4, -0.2) is 57.2 Å². The van der Waals surface area contributed by atoms with Crippen LogP contribution < -0.4 is 5.32 Å². The van der Waals surface area contributed by atoms with E-state index in [1.54, 1.807) is 0 Å². The van der Waals surface area contributed by atoms with Gasteiger partial charge in [0.25, 0.3) is 5.91 Å². The third kappa shape index (κ3) is 6.75. The van der Waals surface area contributed by atoms with E-state index in [9.17, 15) is 9.59 Å². The predicted molar refractivity (Wildman–Crippen MR) is 193 cm³/mol. The number of carbonyl (C=O) groups is 2. The first-order valence-corrected chi connectivity index (χ1v) is 16.5. The normalized spacial score (nSPS) is 14.1. The number of esters is 1. The number of rotatable bonds is 10. The Bertz CT molecular complexity index is 2010. The van der Waals surface area contributed by atoms with Crippen molar-refractivity contribution in [2.24, 2.45) is 4.99 Å². The highest BCUT2D eigenvalue weighted by atomic mass is 32.1. The van der Waals surface area contributed by atoms with Crippen molar-refractivity contribution in [3.8, 4) is 0 Å². The van der Waals surface area contributed by atoms with Gasteiger partial charge in [0.05, 0.1) is 47.0 Å². The number of amides is 1. The molecule has 1 unspecified atom stereocenters. The second-order valence-corrected chi connectivity index (χ2v) is 12.3. The van der Waals surface area contributed by atoms with Gasteiger partial charge >= 0.3 is 5.97 Å². The molecule has 0 radical (unpaired) electrons. The summed E-state index contributed by atoms with van der Waals surface area (Å²) in [5.41, 5.74) is 13.5. The quantitative estimate of drug-likeness (QED) is 0.0893. The Kier molecular flexibility index (Phi) is 10.3. The van der Waals surface area contributed by atoms with Crippen molar-refractivity contribution in [1.29, 1.82) is 0 Å². The first kappa shape index (κ1) is 33.7. The molecule has 0 fully saturated rings. The molecule has 0 saturated carbocycles. The van der Waals surface area contributed by atoms with E-state index >= 15 is 0 Å². The van der Waals surface area contributed by atoms with E-state index in [1.165, 1.54) is 12.7 Å². The van der Waals surface area contributed by atoms with E-state index in [1.807, 2.05) is 19.1 Å². The van der Waals surface area contributed by atoms with E-state index in [0.29, 0.717) is 49.1 Å². The van der Waals surface area contributed by atoms with Gasteiger partial charge in [0, 0.05) is 46.7 Å². The Hall–Kier alpha value is -4.66. The van der Waals surface area contributed by atoms with Crippen molar-refractivity contribution in [3.63, 3.8) is 0 Å². The maximum Gasteiger partial charge on any atom is 0.305 e. The average Bonchev–Trinajstić information content (AvgIpc) is 3.75. The summed E-state index contributed by atoms with van der Waals surface area (Å²) in [6.07, 6.45) is 4.58. The number of fused-ring (bicyclic) bond motifs is 8. The number of carbonyl (C=O) groups excluding carboxylic acids is 2. The van der Waals surface area contributed by atoms with Crippen molar-refractivity contribution in [3.05, 3.63) is 75.4 Å². The molecule has 47 heavy (non-hydrogen) atoms. The highest BCUT2D eigenvalue weighted by molar-refractivity contribution is 7.78. The number of isothiocyanates is 1. The van der Waals surface area contributed by atoms with E-state index in [4.69, 9.17) is 26.9 Å². The number of aromatic nitrogens is 4. The summed E-state index contributed by atoms with van der Waals surface area (Å²) in [6.45, 7) is 15.4. The van der Waals surface area contributed by atoms with Gasteiger partial charge in [0.1, 0.15) is 0 Å². The first-order chi connectivity index (χ1) is 22.6. The first-order valence-electron chi connectivity index (χ1n) is 16.1. The van der Waals surface area contributed by atoms with Gasteiger partial charge in [0.15, 0.2) is 0 Å². The number of aliphatic imine (C=N–C) groups is 1. The van der Waals surface area contributed by atoms with Crippen molar-refractivity contribution < 1.29 is 14.3 Å². The number of nitrogens with one attached hydrogen (secondary N) is 3. The lowest BCUT2D eigenvalue weighted by Crippen LogP contribution is -2.26. The fourth-order valence-electron chi connectivity index (χ4n) is 6.53. The topological polar surface area (TPSA) is 125 Å². The van der Waals surface area contributed by atoms with Crippen molar-refractivity contribution >= 4 is 68.5 Å². The minimum Gasteiger partial charge on any atom is -0.469 e. The zero-order chi connectivity index (χ0) is 33.8. The van der Waals surface area contributed by atoms with Gasteiger partial charge in [-0.2, -0.15) is 0 Å². The Morgan fingerprint density at radius 2 is 1.83 bits per heavy atom. The summed E-state index contributed by atoms with van der Waals surface area (Å²) in [5, 5.41) is 5.46. The molecule has 3 aromatic heterocycles. The molecule has 8 bridgehead atoms. The Balaban J connectivity index is 1.88. The Morgan fingerprint density at radius 3 is 2.53 bits per heavy atom. The maximum atomic E-state index is 14.2. The van der Waals surface area contributed by atoms with Gasteiger partial charge < -0.3 is 20.0 Å². The Labute approximate surface area is 280 Å². The molecule has 0 saturated heterocycles. The molecule has 2 aliphatic heterocycles. The summed E-state index contributed by atoms with van der Waals surface area (Å²) >= 11 is 4.69. The lowest BCUT2D eigenvalue weighted by atomic mass is 9.92.